The van der Waals surface area contributed by atoms with Gasteiger partial charge in [-0.1, -0.05) is 0 Å². The van der Waals surface area contributed by atoms with E-state index >= 15 is 0 Å². The van der Waals surface area contributed by atoms with E-state index in [9.17, 15) is 18.0 Å². The van der Waals surface area contributed by atoms with Crippen LogP contribution in [0.1, 0.15) is 20.8 Å². The number of sulfonamides is 1. The summed E-state index contributed by atoms with van der Waals surface area (Å²) in [6, 6.07) is -0.114. The standard InChI is InChI=1S/C13H25N3O5S/c1-10(2)14-12(18)13(3)9-15(22(5,19)20)8-11(17)16(13)6-7-21-4/h10H,6-9H2,1-5H3,(H,14,18). The Morgan fingerprint density at radius 3 is 2.50 bits per heavy atom. The number of nitrogens with one attached hydrogen (secondary N) is 1. The minimum Gasteiger partial charge on any atom is -0.383 e. The molecule has 1 aliphatic heterocycles. The van der Waals surface area contributed by atoms with Crippen LogP contribution in [0.5, 0.6) is 0 Å². The summed E-state index contributed by atoms with van der Waals surface area (Å²) in [6.07, 6.45) is 1.03. The fraction of sp³-hybridized carbons (Fsp3) is 0.846. The van der Waals surface area contributed by atoms with Gasteiger partial charge >= 0.3 is 0 Å². The molecular formula is C13H25N3O5S. The third-order valence-corrected chi connectivity index (χ3v) is 4.79. The molecule has 1 atom stereocenters. The predicted molar refractivity (Wildman–Crippen MR) is 81.7 cm³/mol. The lowest BCUT2D eigenvalue weighted by Gasteiger charge is -2.46. The van der Waals surface area contributed by atoms with Crippen molar-refractivity contribution < 1.29 is 22.7 Å². The van der Waals surface area contributed by atoms with E-state index in [0.717, 1.165) is 10.6 Å². The molecule has 2 amide bonds. The van der Waals surface area contributed by atoms with Gasteiger partial charge in [0.15, 0.2) is 0 Å². The molecule has 22 heavy (non-hydrogen) atoms. The molecule has 128 valence electrons. The van der Waals surface area contributed by atoms with Crippen molar-refractivity contribution in [2.24, 2.45) is 0 Å². The summed E-state index contributed by atoms with van der Waals surface area (Å²) >= 11 is 0. The van der Waals surface area contributed by atoms with E-state index in [0.29, 0.717) is 0 Å². The van der Waals surface area contributed by atoms with E-state index in [1.807, 2.05) is 0 Å². The molecule has 0 aromatic heterocycles. The van der Waals surface area contributed by atoms with Crippen LogP contribution in [0.3, 0.4) is 0 Å². The number of nitrogens with zero attached hydrogens (tertiary/aromatic N) is 2. The largest absolute Gasteiger partial charge is 0.383 e. The Morgan fingerprint density at radius 1 is 1.45 bits per heavy atom. The van der Waals surface area contributed by atoms with Gasteiger partial charge in [0, 0.05) is 26.2 Å². The average molecular weight is 335 g/mol. The van der Waals surface area contributed by atoms with Crippen molar-refractivity contribution in [1.82, 2.24) is 14.5 Å². The predicted octanol–water partition coefficient (Wildman–Crippen LogP) is -0.980. The Kier molecular flexibility index (Phi) is 5.94. The maximum atomic E-state index is 12.6. The van der Waals surface area contributed by atoms with E-state index in [1.54, 1.807) is 20.8 Å². The zero-order chi connectivity index (χ0) is 17.1. The van der Waals surface area contributed by atoms with Crippen molar-refractivity contribution in [3.63, 3.8) is 0 Å². The van der Waals surface area contributed by atoms with Gasteiger partial charge in [0.25, 0.3) is 0 Å². The summed E-state index contributed by atoms with van der Waals surface area (Å²) in [6.45, 7) is 5.37. The molecule has 0 spiro atoms. The Bertz CT molecular complexity index is 534. The number of hydrogen-bond donors (Lipinski definition) is 1. The first-order valence-electron chi connectivity index (χ1n) is 7.08. The highest BCUT2D eigenvalue weighted by Crippen LogP contribution is 2.24. The first kappa shape index (κ1) is 18.9. The van der Waals surface area contributed by atoms with Gasteiger partial charge in [-0.25, -0.2) is 8.42 Å². The summed E-state index contributed by atoms with van der Waals surface area (Å²) in [5, 5.41) is 2.76. The Labute approximate surface area is 131 Å². The van der Waals surface area contributed by atoms with Crippen LogP contribution in [-0.2, 0) is 24.3 Å². The maximum Gasteiger partial charge on any atom is 0.247 e. The highest BCUT2D eigenvalue weighted by atomic mass is 32.2. The quantitative estimate of drug-likeness (QED) is 0.673. The maximum absolute atomic E-state index is 12.6. The third kappa shape index (κ3) is 4.17. The lowest BCUT2D eigenvalue weighted by Crippen LogP contribution is -2.70. The van der Waals surface area contributed by atoms with E-state index in [1.165, 1.54) is 12.0 Å². The number of hydrogen-bond acceptors (Lipinski definition) is 5. The van der Waals surface area contributed by atoms with Gasteiger partial charge in [-0.3, -0.25) is 9.59 Å². The van der Waals surface area contributed by atoms with Gasteiger partial charge in [-0.2, -0.15) is 4.31 Å². The fourth-order valence-corrected chi connectivity index (χ4v) is 3.23. The Balaban J connectivity index is 3.15. The van der Waals surface area contributed by atoms with Gasteiger partial charge in [-0.15, -0.1) is 0 Å². The first-order chi connectivity index (χ1) is 10.0. The van der Waals surface area contributed by atoms with Crippen molar-refractivity contribution in [3.05, 3.63) is 0 Å². The Hall–Kier alpha value is -1.19. The molecule has 0 aromatic carbocycles. The van der Waals surface area contributed by atoms with Crippen molar-refractivity contribution in [3.8, 4) is 0 Å². The fourth-order valence-electron chi connectivity index (χ4n) is 2.40. The van der Waals surface area contributed by atoms with Crippen molar-refractivity contribution in [1.29, 1.82) is 0 Å². The van der Waals surface area contributed by atoms with Crippen LogP contribution in [0.2, 0.25) is 0 Å². The molecule has 8 nitrogen and oxygen atoms in total. The van der Waals surface area contributed by atoms with Crippen LogP contribution in [0.15, 0.2) is 0 Å². The van der Waals surface area contributed by atoms with Gasteiger partial charge < -0.3 is 15.0 Å². The lowest BCUT2D eigenvalue weighted by atomic mass is 9.95. The molecule has 9 heteroatoms. The molecule has 1 saturated heterocycles. The van der Waals surface area contributed by atoms with Crippen LogP contribution < -0.4 is 5.32 Å². The zero-order valence-electron chi connectivity index (χ0n) is 13.7. The average Bonchev–Trinajstić information content (AvgIpc) is 2.35. The molecule has 0 aliphatic carbocycles. The lowest BCUT2D eigenvalue weighted by molar-refractivity contribution is -0.153. The zero-order valence-corrected chi connectivity index (χ0v) is 14.6. The van der Waals surface area contributed by atoms with Gasteiger partial charge in [0.05, 0.1) is 19.4 Å². The van der Waals surface area contributed by atoms with Crippen LogP contribution in [0.4, 0.5) is 0 Å². The number of methoxy groups -OCH3 is 1. The van der Waals surface area contributed by atoms with Crippen molar-refractivity contribution in [2.45, 2.75) is 32.4 Å². The van der Waals surface area contributed by atoms with Crippen molar-refractivity contribution >= 4 is 21.8 Å². The Morgan fingerprint density at radius 2 is 2.05 bits per heavy atom. The van der Waals surface area contributed by atoms with E-state index < -0.39 is 21.5 Å². The summed E-state index contributed by atoms with van der Waals surface area (Å²) < 4.78 is 29.6. The molecule has 0 bridgehead atoms. The first-order valence-corrected chi connectivity index (χ1v) is 8.92. The molecule has 0 aromatic rings. The monoisotopic (exact) mass is 335 g/mol. The number of amides is 2. The second-order valence-electron chi connectivity index (χ2n) is 5.97. The van der Waals surface area contributed by atoms with Crippen LogP contribution in [0, 0.1) is 0 Å². The third-order valence-electron chi connectivity index (χ3n) is 3.59. The normalized spacial score (nSPS) is 23.9. The molecular weight excluding hydrogens is 310 g/mol. The van der Waals surface area contributed by atoms with E-state index in [-0.39, 0.29) is 38.2 Å². The van der Waals surface area contributed by atoms with E-state index in [2.05, 4.69) is 5.32 Å². The molecule has 0 radical (unpaired) electrons. The summed E-state index contributed by atoms with van der Waals surface area (Å²) in [5.74, 6) is -0.782. The van der Waals surface area contributed by atoms with E-state index in [4.69, 9.17) is 4.74 Å². The highest BCUT2D eigenvalue weighted by molar-refractivity contribution is 7.88. The smallest absolute Gasteiger partial charge is 0.247 e. The molecule has 1 heterocycles. The van der Waals surface area contributed by atoms with Crippen molar-refractivity contribution in [2.75, 3.05) is 39.6 Å². The number of piperazine rings is 1. The molecule has 1 rings (SSSR count). The number of carbonyl (C=O) groups is 2. The molecule has 1 aliphatic rings. The van der Waals surface area contributed by atoms with Crippen LogP contribution in [-0.4, -0.2) is 80.6 Å². The number of carbonyl (C=O) groups excluding carboxylic acids is 2. The SMILES string of the molecule is COCCN1C(=O)CN(S(C)(=O)=O)CC1(C)C(=O)NC(C)C. The number of rotatable bonds is 6. The number of ether oxygens (including phenoxy) is 1. The van der Waals surface area contributed by atoms with Crippen LogP contribution >= 0.6 is 0 Å². The topological polar surface area (TPSA) is 96.0 Å². The minimum absolute atomic E-state index is 0.0696. The van der Waals surface area contributed by atoms with Gasteiger partial charge in [0.1, 0.15) is 5.54 Å². The van der Waals surface area contributed by atoms with Gasteiger partial charge in [0.2, 0.25) is 21.8 Å². The summed E-state index contributed by atoms with van der Waals surface area (Å²) in [7, 11) is -2.06. The second kappa shape index (κ2) is 6.93. The summed E-state index contributed by atoms with van der Waals surface area (Å²) in [5.41, 5.74) is -1.26. The highest BCUT2D eigenvalue weighted by Gasteiger charge is 2.49. The van der Waals surface area contributed by atoms with Gasteiger partial charge in [-0.05, 0) is 20.8 Å². The molecule has 1 fully saturated rings. The minimum atomic E-state index is -3.56. The summed E-state index contributed by atoms with van der Waals surface area (Å²) in [4.78, 5) is 26.3. The molecule has 0 saturated carbocycles. The van der Waals surface area contributed by atoms with Crippen LogP contribution in [0.25, 0.3) is 0 Å². The second-order valence-corrected chi connectivity index (χ2v) is 7.95. The molecule has 1 N–H and O–H groups in total. The molecule has 1 unspecified atom stereocenters.